The lowest BCUT2D eigenvalue weighted by Crippen LogP contribution is -2.07. The Hall–Kier alpha value is -1.13. The summed E-state index contributed by atoms with van der Waals surface area (Å²) in [4.78, 5) is 21.5. The SMILES string of the molecule is Cc1c(Cl)ccc([N+](=O)[O-])c1C(=O)CCl. The Labute approximate surface area is 95.9 Å². The molecule has 0 saturated heterocycles. The van der Waals surface area contributed by atoms with Gasteiger partial charge in [-0.1, -0.05) is 11.6 Å². The van der Waals surface area contributed by atoms with E-state index >= 15 is 0 Å². The zero-order valence-corrected chi connectivity index (χ0v) is 9.30. The maximum Gasteiger partial charge on any atom is 0.280 e. The third-order valence-electron chi connectivity index (χ3n) is 1.97. The predicted octanol–water partition coefficient (Wildman–Crippen LogP) is 2.98. The van der Waals surface area contributed by atoms with E-state index in [2.05, 4.69) is 0 Å². The Kier molecular flexibility index (Phi) is 3.66. The molecule has 4 nitrogen and oxygen atoms in total. The van der Waals surface area contributed by atoms with Gasteiger partial charge in [-0.3, -0.25) is 14.9 Å². The number of ketones is 1. The molecule has 0 aromatic heterocycles. The lowest BCUT2D eigenvalue weighted by molar-refractivity contribution is -0.385. The van der Waals surface area contributed by atoms with Gasteiger partial charge in [0, 0.05) is 11.1 Å². The van der Waals surface area contributed by atoms with E-state index in [9.17, 15) is 14.9 Å². The molecule has 0 fully saturated rings. The van der Waals surface area contributed by atoms with Crippen molar-refractivity contribution >= 4 is 34.7 Å². The molecule has 0 aliphatic rings. The predicted molar refractivity (Wildman–Crippen MR) is 57.9 cm³/mol. The molecule has 0 bridgehead atoms. The van der Waals surface area contributed by atoms with Crippen molar-refractivity contribution in [2.24, 2.45) is 0 Å². The summed E-state index contributed by atoms with van der Waals surface area (Å²) in [6.07, 6.45) is 0. The summed E-state index contributed by atoms with van der Waals surface area (Å²) in [7, 11) is 0. The summed E-state index contributed by atoms with van der Waals surface area (Å²) < 4.78 is 0. The van der Waals surface area contributed by atoms with Gasteiger partial charge in [-0.05, 0) is 18.6 Å². The second-order valence-corrected chi connectivity index (χ2v) is 3.55. The Morgan fingerprint density at radius 2 is 2.13 bits per heavy atom. The van der Waals surface area contributed by atoms with E-state index in [1.165, 1.54) is 12.1 Å². The molecule has 0 atom stereocenters. The van der Waals surface area contributed by atoms with Gasteiger partial charge in [0.2, 0.25) is 0 Å². The van der Waals surface area contributed by atoms with Crippen LogP contribution in [-0.2, 0) is 0 Å². The lowest BCUT2D eigenvalue weighted by Gasteiger charge is -2.05. The molecule has 0 amide bonds. The molecule has 80 valence electrons. The Bertz CT molecular complexity index is 432. The number of alkyl halides is 1. The number of rotatable bonds is 3. The minimum Gasteiger partial charge on any atom is -0.293 e. The van der Waals surface area contributed by atoms with Crippen LogP contribution in [-0.4, -0.2) is 16.6 Å². The van der Waals surface area contributed by atoms with Crippen LogP contribution in [0, 0.1) is 17.0 Å². The maximum atomic E-state index is 11.4. The van der Waals surface area contributed by atoms with E-state index in [-0.39, 0.29) is 17.1 Å². The largest absolute Gasteiger partial charge is 0.293 e. The molecular formula is C9H7Cl2NO3. The molecule has 15 heavy (non-hydrogen) atoms. The van der Waals surface area contributed by atoms with Gasteiger partial charge in [0.15, 0.2) is 5.78 Å². The molecule has 0 radical (unpaired) electrons. The molecular weight excluding hydrogens is 241 g/mol. The van der Waals surface area contributed by atoms with Gasteiger partial charge in [-0.15, -0.1) is 11.6 Å². The number of hydrogen-bond donors (Lipinski definition) is 0. The van der Waals surface area contributed by atoms with Gasteiger partial charge in [0.1, 0.15) is 5.56 Å². The number of Topliss-reactive ketones (excluding diaryl/α,β-unsaturated/α-hetero) is 1. The van der Waals surface area contributed by atoms with Gasteiger partial charge in [0.25, 0.3) is 5.69 Å². The third kappa shape index (κ3) is 2.27. The van der Waals surface area contributed by atoms with Crippen LogP contribution >= 0.6 is 23.2 Å². The highest BCUT2D eigenvalue weighted by Gasteiger charge is 2.23. The minimum atomic E-state index is -0.622. The number of nitro benzene ring substituents is 1. The van der Waals surface area contributed by atoms with Crippen molar-refractivity contribution in [2.75, 3.05) is 5.88 Å². The van der Waals surface area contributed by atoms with Crippen LogP contribution in [0.3, 0.4) is 0 Å². The first-order valence-electron chi connectivity index (χ1n) is 4.01. The monoisotopic (exact) mass is 247 g/mol. The standard InChI is InChI=1S/C9H7Cl2NO3/c1-5-6(11)2-3-7(12(14)15)9(5)8(13)4-10/h2-3H,4H2,1H3. The van der Waals surface area contributed by atoms with E-state index in [0.29, 0.717) is 10.6 Å². The van der Waals surface area contributed by atoms with Gasteiger partial charge in [0.05, 0.1) is 10.8 Å². The fraction of sp³-hybridized carbons (Fsp3) is 0.222. The number of carbonyl (C=O) groups excluding carboxylic acids is 1. The zero-order chi connectivity index (χ0) is 11.6. The summed E-state index contributed by atoms with van der Waals surface area (Å²) in [5.74, 6) is -0.800. The summed E-state index contributed by atoms with van der Waals surface area (Å²) in [5.41, 5.74) is 0.113. The van der Waals surface area contributed by atoms with Gasteiger partial charge in [-0.25, -0.2) is 0 Å². The number of nitrogens with zero attached hydrogens (tertiary/aromatic N) is 1. The van der Waals surface area contributed by atoms with E-state index in [4.69, 9.17) is 23.2 Å². The van der Waals surface area contributed by atoms with Crippen LogP contribution in [0.15, 0.2) is 12.1 Å². The molecule has 0 saturated carbocycles. The van der Waals surface area contributed by atoms with E-state index < -0.39 is 10.7 Å². The second kappa shape index (κ2) is 4.59. The van der Waals surface area contributed by atoms with Gasteiger partial charge >= 0.3 is 0 Å². The van der Waals surface area contributed by atoms with E-state index in [0.717, 1.165) is 0 Å². The molecule has 0 aliphatic heterocycles. The summed E-state index contributed by atoms with van der Waals surface area (Å²) in [6.45, 7) is 1.55. The zero-order valence-electron chi connectivity index (χ0n) is 7.79. The van der Waals surface area contributed by atoms with Crippen LogP contribution in [0.1, 0.15) is 15.9 Å². The summed E-state index contributed by atoms with van der Waals surface area (Å²) in [6, 6.07) is 2.59. The van der Waals surface area contributed by atoms with Crippen molar-refractivity contribution in [2.45, 2.75) is 6.92 Å². The molecule has 1 rings (SSSR count). The van der Waals surface area contributed by atoms with E-state index in [1.807, 2.05) is 0 Å². The maximum absolute atomic E-state index is 11.4. The number of carbonyl (C=O) groups is 1. The van der Waals surface area contributed by atoms with E-state index in [1.54, 1.807) is 6.92 Å². The van der Waals surface area contributed by atoms with Crippen LogP contribution < -0.4 is 0 Å². The van der Waals surface area contributed by atoms with Gasteiger partial charge < -0.3 is 0 Å². The fourth-order valence-corrected chi connectivity index (χ4v) is 1.53. The minimum absolute atomic E-state index is 0.0116. The highest BCUT2D eigenvalue weighted by Crippen LogP contribution is 2.28. The topological polar surface area (TPSA) is 60.2 Å². The number of benzene rings is 1. The molecule has 0 N–H and O–H groups in total. The molecule has 0 unspecified atom stereocenters. The molecule has 0 aliphatic carbocycles. The molecule has 0 spiro atoms. The van der Waals surface area contributed by atoms with Crippen LogP contribution in [0.5, 0.6) is 0 Å². The second-order valence-electron chi connectivity index (χ2n) is 2.88. The number of nitro groups is 1. The number of halogens is 2. The van der Waals surface area contributed by atoms with Crippen molar-refractivity contribution in [3.63, 3.8) is 0 Å². The highest BCUT2D eigenvalue weighted by molar-refractivity contribution is 6.34. The smallest absolute Gasteiger partial charge is 0.280 e. The normalized spacial score (nSPS) is 10.1. The third-order valence-corrected chi connectivity index (χ3v) is 2.63. The number of hydrogen-bond acceptors (Lipinski definition) is 3. The first kappa shape index (κ1) is 11.9. The van der Waals surface area contributed by atoms with Crippen LogP contribution in [0.4, 0.5) is 5.69 Å². The molecule has 0 heterocycles. The summed E-state index contributed by atoms with van der Waals surface area (Å²) >= 11 is 11.1. The molecule has 1 aromatic rings. The Morgan fingerprint density at radius 3 is 2.60 bits per heavy atom. The summed E-state index contributed by atoms with van der Waals surface area (Å²) in [5, 5.41) is 11.0. The van der Waals surface area contributed by atoms with Crippen molar-refractivity contribution in [3.05, 3.63) is 38.4 Å². The van der Waals surface area contributed by atoms with Gasteiger partial charge in [-0.2, -0.15) is 0 Å². The van der Waals surface area contributed by atoms with Crippen LogP contribution in [0.25, 0.3) is 0 Å². The Balaban J connectivity index is 3.48. The van der Waals surface area contributed by atoms with Crippen molar-refractivity contribution in [3.8, 4) is 0 Å². The first-order chi connectivity index (χ1) is 6.99. The average molecular weight is 248 g/mol. The van der Waals surface area contributed by atoms with Crippen molar-refractivity contribution in [1.82, 2.24) is 0 Å². The Morgan fingerprint density at radius 1 is 1.53 bits per heavy atom. The fourth-order valence-electron chi connectivity index (χ4n) is 1.24. The van der Waals surface area contributed by atoms with Crippen LogP contribution in [0.2, 0.25) is 5.02 Å². The first-order valence-corrected chi connectivity index (χ1v) is 4.93. The van der Waals surface area contributed by atoms with Crippen molar-refractivity contribution < 1.29 is 9.72 Å². The quantitative estimate of drug-likeness (QED) is 0.357. The van der Waals surface area contributed by atoms with Crippen molar-refractivity contribution in [1.29, 1.82) is 0 Å². The average Bonchev–Trinajstić information content (AvgIpc) is 2.20. The highest BCUT2D eigenvalue weighted by atomic mass is 35.5. The molecule has 6 heteroatoms. The lowest BCUT2D eigenvalue weighted by atomic mass is 10.0. The molecule has 1 aromatic carbocycles.